The fraction of sp³-hybridized carbons (Fsp3) is 0.444. The van der Waals surface area contributed by atoms with Gasteiger partial charge in [-0.25, -0.2) is 13.4 Å². The maximum absolute atomic E-state index is 13.8. The van der Waals surface area contributed by atoms with Crippen molar-refractivity contribution in [1.29, 1.82) is 0 Å². The van der Waals surface area contributed by atoms with Gasteiger partial charge < -0.3 is 14.6 Å². The van der Waals surface area contributed by atoms with Gasteiger partial charge in [-0.05, 0) is 67.5 Å². The highest BCUT2D eigenvalue weighted by molar-refractivity contribution is 7.89. The zero-order chi connectivity index (χ0) is 26.8. The van der Waals surface area contributed by atoms with Crippen LogP contribution in [-0.4, -0.2) is 48.5 Å². The molecule has 7 nitrogen and oxygen atoms in total. The van der Waals surface area contributed by atoms with Crippen LogP contribution in [0.5, 0.6) is 0 Å². The summed E-state index contributed by atoms with van der Waals surface area (Å²) in [5.41, 5.74) is 1.83. The number of hydrogen-bond acceptors (Lipinski definition) is 5. The van der Waals surface area contributed by atoms with Crippen molar-refractivity contribution >= 4 is 15.7 Å². The smallest absolute Gasteiger partial charge is 0.381 e. The van der Waals surface area contributed by atoms with Crippen molar-refractivity contribution in [3.8, 4) is 0 Å². The van der Waals surface area contributed by atoms with Crippen LogP contribution in [0, 0.1) is 5.92 Å². The Balaban J connectivity index is 1.48. The molecule has 11 heteroatoms. The highest BCUT2D eigenvalue weighted by Crippen LogP contribution is 2.35. The number of imidazole rings is 1. The number of nitrogens with one attached hydrogen (secondary N) is 1. The summed E-state index contributed by atoms with van der Waals surface area (Å²) < 4.78 is 73.8. The quantitative estimate of drug-likeness (QED) is 0.438. The van der Waals surface area contributed by atoms with Crippen LogP contribution in [0.3, 0.4) is 0 Å². The van der Waals surface area contributed by atoms with Gasteiger partial charge in [0.1, 0.15) is 0 Å². The van der Waals surface area contributed by atoms with E-state index in [0.29, 0.717) is 12.5 Å². The van der Waals surface area contributed by atoms with Crippen LogP contribution in [0.2, 0.25) is 0 Å². The molecule has 0 unspecified atom stereocenters. The van der Waals surface area contributed by atoms with Gasteiger partial charge in [0, 0.05) is 44.2 Å². The fourth-order valence-electron chi connectivity index (χ4n) is 5.34. The van der Waals surface area contributed by atoms with E-state index in [2.05, 4.69) is 14.9 Å². The van der Waals surface area contributed by atoms with Gasteiger partial charge in [0.05, 0.1) is 29.0 Å². The summed E-state index contributed by atoms with van der Waals surface area (Å²) in [4.78, 5) is 9.40. The number of anilines is 1. The van der Waals surface area contributed by atoms with Crippen molar-refractivity contribution in [3.05, 3.63) is 77.9 Å². The average Bonchev–Trinajstić information content (AvgIpc) is 3.37. The second-order valence-corrected chi connectivity index (χ2v) is 11.9. The van der Waals surface area contributed by atoms with Crippen LogP contribution in [0.4, 0.5) is 18.9 Å². The number of benzene rings is 2. The van der Waals surface area contributed by atoms with Crippen LogP contribution in [0.1, 0.15) is 42.5 Å². The molecular formula is C27H31F3N4O3S. The minimum absolute atomic E-state index is 0.132. The largest absolute Gasteiger partial charge is 0.416 e. The van der Waals surface area contributed by atoms with Crippen LogP contribution in [0.15, 0.2) is 66.0 Å². The van der Waals surface area contributed by atoms with Crippen molar-refractivity contribution in [2.24, 2.45) is 5.92 Å². The van der Waals surface area contributed by atoms with E-state index in [1.54, 1.807) is 12.5 Å². The molecule has 1 atom stereocenters. The number of sulfonamides is 1. The Bertz CT molecular complexity index is 1310. The molecule has 0 saturated carbocycles. The minimum atomic E-state index is -4.54. The molecule has 1 fully saturated rings. The van der Waals surface area contributed by atoms with Gasteiger partial charge in [-0.1, -0.05) is 18.2 Å². The summed E-state index contributed by atoms with van der Waals surface area (Å²) in [5, 5.41) is 0. The lowest BCUT2D eigenvalue weighted by Crippen LogP contribution is -2.43. The van der Waals surface area contributed by atoms with Gasteiger partial charge >= 0.3 is 6.18 Å². The molecule has 2 aliphatic rings. The zero-order valence-electron chi connectivity index (χ0n) is 20.9. The van der Waals surface area contributed by atoms with Gasteiger partial charge in [0.2, 0.25) is 10.0 Å². The third kappa shape index (κ3) is 5.89. The predicted octanol–water partition coefficient (Wildman–Crippen LogP) is 5.22. The molecule has 0 amide bonds. The van der Waals surface area contributed by atoms with Crippen LogP contribution >= 0.6 is 0 Å². The number of ether oxygens (including phenoxy) is 1. The van der Waals surface area contributed by atoms with E-state index in [-0.39, 0.29) is 24.0 Å². The SMILES string of the molecule is O=S(=O)(c1ccc(C(F)(F)F)cc1)N1Cc2ccccc2N(Cc2cnc[nH]2)[C@@H](CCC2CCOCC2)C1. The monoisotopic (exact) mass is 548 g/mol. The van der Waals surface area contributed by atoms with Crippen molar-refractivity contribution in [2.75, 3.05) is 24.7 Å². The molecule has 5 rings (SSSR count). The average molecular weight is 549 g/mol. The number of H-pyrrole nitrogens is 1. The second-order valence-electron chi connectivity index (χ2n) is 9.94. The number of nitrogens with zero attached hydrogens (tertiary/aromatic N) is 3. The first kappa shape index (κ1) is 26.7. The summed E-state index contributed by atoms with van der Waals surface area (Å²) in [6.45, 7) is 2.36. The zero-order valence-corrected chi connectivity index (χ0v) is 21.7. The van der Waals surface area contributed by atoms with Crippen molar-refractivity contribution in [2.45, 2.75) is 55.9 Å². The Kier molecular flexibility index (Phi) is 7.78. The van der Waals surface area contributed by atoms with Gasteiger partial charge in [0.15, 0.2) is 0 Å². The minimum Gasteiger partial charge on any atom is -0.381 e. The highest BCUT2D eigenvalue weighted by atomic mass is 32.2. The Hall–Kier alpha value is -2.89. The van der Waals surface area contributed by atoms with E-state index >= 15 is 0 Å². The lowest BCUT2D eigenvalue weighted by molar-refractivity contribution is -0.137. The normalized spacial score (nSPS) is 19.8. The number of aromatic nitrogens is 2. The van der Waals surface area contributed by atoms with Crippen molar-refractivity contribution in [1.82, 2.24) is 14.3 Å². The molecule has 1 saturated heterocycles. The van der Waals surface area contributed by atoms with E-state index in [1.807, 2.05) is 24.3 Å². The second kappa shape index (κ2) is 11.1. The first-order chi connectivity index (χ1) is 18.2. The molecule has 38 heavy (non-hydrogen) atoms. The molecule has 0 aliphatic carbocycles. The van der Waals surface area contributed by atoms with Crippen LogP contribution in [-0.2, 0) is 34.0 Å². The third-order valence-electron chi connectivity index (χ3n) is 7.47. The van der Waals surface area contributed by atoms with Crippen LogP contribution < -0.4 is 4.90 Å². The number of fused-ring (bicyclic) bond motifs is 1. The Labute approximate surface area is 220 Å². The topological polar surface area (TPSA) is 78.5 Å². The van der Waals surface area contributed by atoms with E-state index in [4.69, 9.17) is 4.74 Å². The molecule has 3 aromatic rings. The number of halogens is 3. The maximum Gasteiger partial charge on any atom is 0.416 e. The molecule has 0 spiro atoms. The molecule has 1 aromatic heterocycles. The number of para-hydroxylation sites is 1. The molecule has 2 aromatic carbocycles. The summed E-state index contributed by atoms with van der Waals surface area (Å²) >= 11 is 0. The van der Waals surface area contributed by atoms with Gasteiger partial charge in [-0.15, -0.1) is 0 Å². The fourth-order valence-corrected chi connectivity index (χ4v) is 6.79. The first-order valence-electron chi connectivity index (χ1n) is 12.8. The molecular weight excluding hydrogens is 517 g/mol. The molecule has 2 aliphatic heterocycles. The van der Waals surface area contributed by atoms with E-state index in [9.17, 15) is 21.6 Å². The number of hydrogen-bond donors (Lipinski definition) is 1. The summed E-state index contributed by atoms with van der Waals surface area (Å²) in [7, 11) is -4.05. The first-order valence-corrected chi connectivity index (χ1v) is 14.2. The lowest BCUT2D eigenvalue weighted by Gasteiger charge is -2.35. The van der Waals surface area contributed by atoms with Crippen molar-refractivity contribution in [3.63, 3.8) is 0 Å². The molecule has 1 N–H and O–H groups in total. The summed E-state index contributed by atoms with van der Waals surface area (Å²) in [5.74, 6) is 0.510. The molecule has 204 valence electrons. The number of rotatable bonds is 7. The highest BCUT2D eigenvalue weighted by Gasteiger charge is 2.36. The molecule has 0 radical (unpaired) electrons. The van der Waals surface area contributed by atoms with E-state index < -0.39 is 21.8 Å². The van der Waals surface area contributed by atoms with Gasteiger partial charge in [-0.3, -0.25) is 0 Å². The van der Waals surface area contributed by atoms with Crippen molar-refractivity contribution < 1.29 is 26.3 Å². The van der Waals surface area contributed by atoms with E-state index in [1.165, 1.54) is 4.31 Å². The lowest BCUT2D eigenvalue weighted by atomic mass is 9.92. The van der Waals surface area contributed by atoms with Gasteiger partial charge in [-0.2, -0.15) is 17.5 Å². The predicted molar refractivity (Wildman–Crippen MR) is 137 cm³/mol. The Morgan fingerprint density at radius 2 is 1.76 bits per heavy atom. The Morgan fingerprint density at radius 1 is 1.03 bits per heavy atom. The molecule has 3 heterocycles. The number of aromatic amines is 1. The summed E-state index contributed by atoms with van der Waals surface area (Å²) in [6, 6.07) is 11.3. The van der Waals surface area contributed by atoms with E-state index in [0.717, 1.165) is 80.1 Å². The number of alkyl halides is 3. The van der Waals surface area contributed by atoms with Crippen LogP contribution in [0.25, 0.3) is 0 Å². The van der Waals surface area contributed by atoms with Gasteiger partial charge in [0.25, 0.3) is 0 Å². The summed E-state index contributed by atoms with van der Waals surface area (Å²) in [6.07, 6.45) is 2.52. The maximum atomic E-state index is 13.8. The Morgan fingerprint density at radius 3 is 2.45 bits per heavy atom. The standard InChI is InChI=1S/C27H31F3N4O3S/c28-27(29,30)22-6-9-25(10-7-22)38(35,36)33-16-21-3-1-2-4-26(21)34(17-23-15-31-19-32-23)24(18-33)8-5-20-11-13-37-14-12-20/h1-4,6-7,9-10,15,19-20,24H,5,8,11-14,16-18H2,(H,31,32)/t24-/m0/s1. The molecule has 0 bridgehead atoms. The third-order valence-corrected chi connectivity index (χ3v) is 9.29.